The summed E-state index contributed by atoms with van der Waals surface area (Å²) in [5.74, 6) is -0.194. The van der Waals surface area contributed by atoms with Crippen LogP contribution in [0.25, 0.3) is 0 Å². The number of anilines is 2. The number of non-ortho nitro benzene ring substituents is 1. The highest BCUT2D eigenvalue weighted by molar-refractivity contribution is 7.92. The first-order chi connectivity index (χ1) is 11.6. The van der Waals surface area contributed by atoms with Gasteiger partial charge in [-0.05, 0) is 49.7 Å². The normalized spacial score (nSPS) is 15.4. The molecule has 0 unspecified atom stereocenters. The molecule has 2 aromatic carbocycles. The van der Waals surface area contributed by atoms with Gasteiger partial charge in [-0.1, -0.05) is 0 Å². The lowest BCUT2D eigenvalue weighted by atomic mass is 9.86. The number of nitrogens with zero attached hydrogens (tertiary/aromatic N) is 1. The maximum atomic E-state index is 12.6. The van der Waals surface area contributed by atoms with E-state index in [0.29, 0.717) is 11.3 Å². The molecule has 0 fully saturated rings. The summed E-state index contributed by atoms with van der Waals surface area (Å²) in [5, 5.41) is 13.4. The van der Waals surface area contributed by atoms with Crippen LogP contribution in [0.2, 0.25) is 0 Å². The molecule has 8 nitrogen and oxygen atoms in total. The van der Waals surface area contributed by atoms with Crippen LogP contribution in [-0.2, 0) is 20.2 Å². The molecule has 0 radical (unpaired) electrons. The third-order valence-electron chi connectivity index (χ3n) is 4.12. The summed E-state index contributed by atoms with van der Waals surface area (Å²) in [5.41, 5.74) is 0.438. The van der Waals surface area contributed by atoms with E-state index in [0.717, 1.165) is 0 Å². The highest BCUT2D eigenvalue weighted by Crippen LogP contribution is 2.38. The van der Waals surface area contributed by atoms with Crippen LogP contribution in [0, 0.1) is 10.1 Å². The molecule has 3 rings (SSSR count). The van der Waals surface area contributed by atoms with E-state index in [1.54, 1.807) is 19.9 Å². The number of hydrogen-bond acceptors (Lipinski definition) is 5. The summed E-state index contributed by atoms with van der Waals surface area (Å²) in [6.45, 7) is 3.43. The van der Waals surface area contributed by atoms with E-state index >= 15 is 0 Å². The first-order valence-corrected chi connectivity index (χ1v) is 8.83. The van der Waals surface area contributed by atoms with Crippen molar-refractivity contribution in [2.75, 3.05) is 10.0 Å². The Balaban J connectivity index is 1.92. The van der Waals surface area contributed by atoms with Gasteiger partial charge in [-0.25, -0.2) is 8.42 Å². The second kappa shape index (κ2) is 5.55. The van der Waals surface area contributed by atoms with E-state index in [4.69, 9.17) is 0 Å². The minimum absolute atomic E-state index is 0.00850. The highest BCUT2D eigenvalue weighted by Gasteiger charge is 2.39. The zero-order valence-corrected chi connectivity index (χ0v) is 14.3. The van der Waals surface area contributed by atoms with Crippen LogP contribution < -0.4 is 10.0 Å². The molecule has 0 saturated heterocycles. The van der Waals surface area contributed by atoms with Gasteiger partial charge in [0.2, 0.25) is 5.91 Å². The average molecular weight is 361 g/mol. The van der Waals surface area contributed by atoms with Crippen LogP contribution in [0.5, 0.6) is 0 Å². The largest absolute Gasteiger partial charge is 0.325 e. The molecule has 9 heteroatoms. The predicted octanol–water partition coefficient (Wildman–Crippen LogP) is 2.63. The topological polar surface area (TPSA) is 118 Å². The molecule has 130 valence electrons. The van der Waals surface area contributed by atoms with E-state index in [9.17, 15) is 23.3 Å². The smallest absolute Gasteiger partial charge is 0.269 e. The van der Waals surface area contributed by atoms with Gasteiger partial charge in [0.05, 0.1) is 15.2 Å². The van der Waals surface area contributed by atoms with Crippen LogP contribution in [0.4, 0.5) is 17.1 Å². The van der Waals surface area contributed by atoms with Crippen LogP contribution in [-0.4, -0.2) is 19.2 Å². The summed E-state index contributed by atoms with van der Waals surface area (Å²) in [6, 6.07) is 9.47. The van der Waals surface area contributed by atoms with Crippen LogP contribution in [0.1, 0.15) is 19.4 Å². The Kier molecular flexibility index (Phi) is 3.76. The summed E-state index contributed by atoms with van der Waals surface area (Å²) in [7, 11) is -3.89. The molecule has 0 saturated carbocycles. The molecule has 1 amide bonds. The SMILES string of the molecule is CC1(C)C(=O)Nc2ccc(S(=O)(=O)Nc3ccc([N+](=O)[O-])cc3)cc21. The Hall–Kier alpha value is -2.94. The first kappa shape index (κ1) is 16.9. The average Bonchev–Trinajstić information content (AvgIpc) is 2.77. The van der Waals surface area contributed by atoms with Crippen LogP contribution in [0.3, 0.4) is 0 Å². The van der Waals surface area contributed by atoms with Crippen molar-refractivity contribution in [2.24, 2.45) is 0 Å². The number of nitro groups is 1. The summed E-state index contributed by atoms with van der Waals surface area (Å²) in [4.78, 5) is 22.1. The van der Waals surface area contributed by atoms with Gasteiger partial charge >= 0.3 is 0 Å². The third kappa shape index (κ3) is 2.93. The summed E-state index contributed by atoms with van der Waals surface area (Å²) >= 11 is 0. The molecule has 1 aliphatic heterocycles. The number of nitro benzene ring substituents is 1. The molecule has 0 aromatic heterocycles. The maximum absolute atomic E-state index is 12.6. The molecule has 2 N–H and O–H groups in total. The zero-order chi connectivity index (χ0) is 18.4. The fourth-order valence-corrected chi connectivity index (χ4v) is 3.67. The number of carbonyl (C=O) groups is 1. The van der Waals surface area contributed by atoms with Crippen molar-refractivity contribution in [3.63, 3.8) is 0 Å². The Labute approximate surface area is 144 Å². The minimum Gasteiger partial charge on any atom is -0.325 e. The highest BCUT2D eigenvalue weighted by atomic mass is 32.2. The number of benzene rings is 2. The number of amides is 1. The van der Waals surface area contributed by atoms with Gasteiger partial charge in [-0.2, -0.15) is 0 Å². The molecule has 0 spiro atoms. The zero-order valence-electron chi connectivity index (χ0n) is 13.4. The molecule has 0 atom stereocenters. The molecule has 1 heterocycles. The van der Waals surface area contributed by atoms with Crippen molar-refractivity contribution in [1.82, 2.24) is 0 Å². The standard InChI is InChI=1S/C16H15N3O5S/c1-16(2)13-9-12(7-8-14(13)17-15(16)20)25(23,24)18-10-3-5-11(6-4-10)19(21)22/h3-9,18H,1-2H3,(H,17,20). The van der Waals surface area contributed by atoms with Gasteiger partial charge in [0.15, 0.2) is 0 Å². The predicted molar refractivity (Wildman–Crippen MR) is 92.0 cm³/mol. The fourth-order valence-electron chi connectivity index (χ4n) is 2.58. The summed E-state index contributed by atoms with van der Waals surface area (Å²) < 4.78 is 27.5. The lowest BCUT2D eigenvalue weighted by Gasteiger charge is -2.16. The van der Waals surface area contributed by atoms with Crippen LogP contribution in [0.15, 0.2) is 47.4 Å². The molecule has 1 aliphatic rings. The van der Waals surface area contributed by atoms with E-state index in [2.05, 4.69) is 10.0 Å². The van der Waals surface area contributed by atoms with Gasteiger partial charge in [0, 0.05) is 23.5 Å². The van der Waals surface area contributed by atoms with Gasteiger partial charge in [-0.15, -0.1) is 0 Å². The molecule has 0 aliphatic carbocycles. The lowest BCUT2D eigenvalue weighted by molar-refractivity contribution is -0.384. The van der Waals surface area contributed by atoms with E-state index < -0.39 is 20.4 Å². The molecule has 0 bridgehead atoms. The summed E-state index contributed by atoms with van der Waals surface area (Å²) in [6.07, 6.45) is 0. The molecular formula is C16H15N3O5S. The van der Waals surface area contributed by atoms with Crippen molar-refractivity contribution in [3.05, 3.63) is 58.1 Å². The fraction of sp³-hybridized carbons (Fsp3) is 0.188. The van der Waals surface area contributed by atoms with Crippen molar-refractivity contribution in [2.45, 2.75) is 24.2 Å². The molecule has 25 heavy (non-hydrogen) atoms. The number of nitrogens with one attached hydrogen (secondary N) is 2. The second-order valence-electron chi connectivity index (χ2n) is 6.20. The Morgan fingerprint density at radius 3 is 2.36 bits per heavy atom. The van der Waals surface area contributed by atoms with E-state index in [-0.39, 0.29) is 22.2 Å². The van der Waals surface area contributed by atoms with Crippen molar-refractivity contribution in [1.29, 1.82) is 0 Å². The van der Waals surface area contributed by atoms with Gasteiger partial charge in [0.1, 0.15) is 0 Å². The maximum Gasteiger partial charge on any atom is 0.269 e. The van der Waals surface area contributed by atoms with Crippen LogP contribution >= 0.6 is 0 Å². The van der Waals surface area contributed by atoms with Gasteiger partial charge < -0.3 is 5.32 Å². The third-order valence-corrected chi connectivity index (χ3v) is 5.50. The second-order valence-corrected chi connectivity index (χ2v) is 7.88. The molecule has 2 aromatic rings. The number of hydrogen-bond donors (Lipinski definition) is 2. The van der Waals surface area contributed by atoms with Gasteiger partial charge in [-0.3, -0.25) is 19.6 Å². The van der Waals surface area contributed by atoms with Gasteiger partial charge in [0.25, 0.3) is 15.7 Å². The first-order valence-electron chi connectivity index (χ1n) is 7.34. The number of rotatable bonds is 4. The minimum atomic E-state index is -3.89. The van der Waals surface area contributed by atoms with Crippen molar-refractivity contribution in [3.8, 4) is 0 Å². The number of fused-ring (bicyclic) bond motifs is 1. The van der Waals surface area contributed by atoms with E-state index in [1.165, 1.54) is 36.4 Å². The molecular weight excluding hydrogens is 346 g/mol. The van der Waals surface area contributed by atoms with Crippen molar-refractivity contribution < 1.29 is 18.1 Å². The lowest BCUT2D eigenvalue weighted by Crippen LogP contribution is -2.27. The Bertz CT molecular complexity index is 981. The Morgan fingerprint density at radius 1 is 1.12 bits per heavy atom. The monoisotopic (exact) mass is 361 g/mol. The quantitative estimate of drug-likeness (QED) is 0.641. The number of carbonyl (C=O) groups excluding carboxylic acids is 1. The number of sulfonamides is 1. The van der Waals surface area contributed by atoms with E-state index in [1.807, 2.05) is 0 Å². The van der Waals surface area contributed by atoms with Crippen molar-refractivity contribution >= 4 is 33.0 Å². The Morgan fingerprint density at radius 2 is 1.76 bits per heavy atom.